The van der Waals surface area contributed by atoms with Crippen molar-refractivity contribution in [1.29, 1.82) is 0 Å². The van der Waals surface area contributed by atoms with E-state index in [2.05, 4.69) is 22.5 Å². The van der Waals surface area contributed by atoms with Crippen molar-refractivity contribution in [2.24, 2.45) is 5.92 Å². The Morgan fingerprint density at radius 1 is 1.45 bits per heavy atom. The van der Waals surface area contributed by atoms with Gasteiger partial charge in [0.25, 0.3) is 5.91 Å². The lowest BCUT2D eigenvalue weighted by Gasteiger charge is -2.08. The number of rotatable bonds is 9. The number of aromatic nitrogens is 1. The Balaban J connectivity index is 1.70. The van der Waals surface area contributed by atoms with Crippen molar-refractivity contribution >= 4 is 11.6 Å². The van der Waals surface area contributed by atoms with E-state index in [1.807, 2.05) is 6.07 Å². The predicted octanol–water partition coefficient (Wildman–Crippen LogP) is 2.06. The van der Waals surface area contributed by atoms with E-state index in [0.29, 0.717) is 18.8 Å². The molecule has 1 fully saturated rings. The molecule has 0 atom stereocenters. The molecule has 0 unspecified atom stereocenters. The van der Waals surface area contributed by atoms with Crippen LogP contribution in [0.3, 0.4) is 0 Å². The quantitative estimate of drug-likeness (QED) is 0.678. The highest BCUT2D eigenvalue weighted by Gasteiger charge is 2.20. The topological polar surface area (TPSA) is 63.2 Å². The number of carbonyl (C=O) groups excluding carboxylic acids is 1. The highest BCUT2D eigenvalue weighted by Crippen LogP contribution is 2.28. The van der Waals surface area contributed by atoms with Crippen LogP contribution in [0.15, 0.2) is 18.3 Å². The minimum Gasteiger partial charge on any atom is -0.385 e. The standard InChI is InChI=1S/C15H23N3O2/c1-2-6-16-13-5-7-17-14(10-13)15(19)18-8-9-20-11-12-3-4-12/h5,7,10,12H,2-4,6,8-9,11H2,1H3,(H,16,17)(H,18,19). The molecule has 1 amide bonds. The Kier molecular flexibility index (Phi) is 5.80. The maximum Gasteiger partial charge on any atom is 0.270 e. The number of nitrogens with one attached hydrogen (secondary N) is 2. The van der Waals surface area contributed by atoms with Crippen molar-refractivity contribution in [2.45, 2.75) is 26.2 Å². The second-order valence-electron chi connectivity index (χ2n) is 5.13. The lowest BCUT2D eigenvalue weighted by molar-refractivity contribution is 0.0902. The van der Waals surface area contributed by atoms with Crippen molar-refractivity contribution in [3.8, 4) is 0 Å². The zero-order valence-electron chi connectivity index (χ0n) is 12.0. The number of hydrogen-bond donors (Lipinski definition) is 2. The van der Waals surface area contributed by atoms with Gasteiger partial charge in [-0.15, -0.1) is 0 Å². The van der Waals surface area contributed by atoms with Crippen LogP contribution in [0, 0.1) is 5.92 Å². The molecule has 0 radical (unpaired) electrons. The number of anilines is 1. The van der Waals surface area contributed by atoms with Gasteiger partial charge in [0.2, 0.25) is 0 Å². The zero-order chi connectivity index (χ0) is 14.2. The molecule has 1 aromatic heterocycles. The molecule has 20 heavy (non-hydrogen) atoms. The summed E-state index contributed by atoms with van der Waals surface area (Å²) >= 11 is 0. The number of nitrogens with zero attached hydrogens (tertiary/aromatic N) is 1. The first kappa shape index (κ1) is 14.8. The van der Waals surface area contributed by atoms with Crippen LogP contribution < -0.4 is 10.6 Å². The van der Waals surface area contributed by atoms with Crippen LogP contribution in [0.4, 0.5) is 5.69 Å². The van der Waals surface area contributed by atoms with E-state index in [-0.39, 0.29) is 5.91 Å². The summed E-state index contributed by atoms with van der Waals surface area (Å²) in [6, 6.07) is 3.64. The molecule has 0 spiro atoms. The summed E-state index contributed by atoms with van der Waals surface area (Å²) < 4.78 is 5.47. The van der Waals surface area contributed by atoms with Gasteiger partial charge in [-0.05, 0) is 37.3 Å². The summed E-state index contributed by atoms with van der Waals surface area (Å²) in [5, 5.41) is 6.06. The second-order valence-corrected chi connectivity index (χ2v) is 5.13. The van der Waals surface area contributed by atoms with Crippen molar-refractivity contribution in [3.63, 3.8) is 0 Å². The van der Waals surface area contributed by atoms with Gasteiger partial charge in [0.1, 0.15) is 5.69 Å². The molecule has 2 rings (SSSR count). The van der Waals surface area contributed by atoms with Crippen LogP contribution in [-0.2, 0) is 4.74 Å². The average Bonchev–Trinajstić information content (AvgIpc) is 3.29. The molecule has 1 aromatic rings. The van der Waals surface area contributed by atoms with Gasteiger partial charge < -0.3 is 15.4 Å². The van der Waals surface area contributed by atoms with Gasteiger partial charge >= 0.3 is 0 Å². The van der Waals surface area contributed by atoms with Crippen LogP contribution in [0.2, 0.25) is 0 Å². The molecule has 0 aromatic carbocycles. The van der Waals surface area contributed by atoms with E-state index in [1.54, 1.807) is 12.3 Å². The molecule has 2 N–H and O–H groups in total. The van der Waals surface area contributed by atoms with Crippen molar-refractivity contribution < 1.29 is 9.53 Å². The van der Waals surface area contributed by atoms with E-state index in [9.17, 15) is 4.79 Å². The maximum atomic E-state index is 11.9. The Morgan fingerprint density at radius 3 is 3.05 bits per heavy atom. The average molecular weight is 277 g/mol. The first-order valence-corrected chi connectivity index (χ1v) is 7.35. The summed E-state index contributed by atoms with van der Waals surface area (Å²) in [5.74, 6) is 0.605. The molecule has 5 heteroatoms. The van der Waals surface area contributed by atoms with Crippen molar-refractivity contribution in [3.05, 3.63) is 24.0 Å². The van der Waals surface area contributed by atoms with Gasteiger partial charge in [-0.1, -0.05) is 6.92 Å². The van der Waals surface area contributed by atoms with Gasteiger partial charge in [-0.25, -0.2) is 0 Å². The molecule has 1 aliphatic carbocycles. The van der Waals surface area contributed by atoms with Gasteiger partial charge in [0, 0.05) is 31.6 Å². The van der Waals surface area contributed by atoms with Crippen molar-refractivity contribution in [1.82, 2.24) is 10.3 Å². The maximum absolute atomic E-state index is 11.9. The molecular weight excluding hydrogens is 254 g/mol. The molecule has 110 valence electrons. The number of carbonyl (C=O) groups is 1. The second kappa shape index (κ2) is 7.85. The molecule has 5 nitrogen and oxygen atoms in total. The minimum atomic E-state index is -0.153. The van der Waals surface area contributed by atoms with Crippen LogP contribution in [-0.4, -0.2) is 37.2 Å². The summed E-state index contributed by atoms with van der Waals surface area (Å²) in [6.45, 7) is 4.91. The molecule has 0 aliphatic heterocycles. The molecule has 1 saturated carbocycles. The molecule has 1 aliphatic rings. The van der Waals surface area contributed by atoms with E-state index in [0.717, 1.165) is 31.2 Å². The third-order valence-electron chi connectivity index (χ3n) is 3.15. The third kappa shape index (κ3) is 5.17. The summed E-state index contributed by atoms with van der Waals surface area (Å²) in [5.41, 5.74) is 1.37. The van der Waals surface area contributed by atoms with Crippen LogP contribution >= 0.6 is 0 Å². The third-order valence-corrected chi connectivity index (χ3v) is 3.15. The van der Waals surface area contributed by atoms with Gasteiger partial charge in [0.05, 0.1) is 6.61 Å². The van der Waals surface area contributed by atoms with Gasteiger partial charge in [-0.2, -0.15) is 0 Å². The predicted molar refractivity (Wildman–Crippen MR) is 78.9 cm³/mol. The molecular formula is C15H23N3O2. The Morgan fingerprint density at radius 2 is 2.30 bits per heavy atom. The fourth-order valence-electron chi connectivity index (χ4n) is 1.80. The Hall–Kier alpha value is -1.62. The summed E-state index contributed by atoms with van der Waals surface area (Å²) in [4.78, 5) is 16.0. The number of ether oxygens (including phenoxy) is 1. The fraction of sp³-hybridized carbons (Fsp3) is 0.600. The first-order chi connectivity index (χ1) is 9.79. The van der Waals surface area contributed by atoms with E-state index >= 15 is 0 Å². The largest absolute Gasteiger partial charge is 0.385 e. The highest BCUT2D eigenvalue weighted by molar-refractivity contribution is 5.93. The lowest BCUT2D eigenvalue weighted by atomic mass is 10.3. The number of hydrogen-bond acceptors (Lipinski definition) is 4. The number of pyridine rings is 1. The summed E-state index contributed by atoms with van der Waals surface area (Å²) in [7, 11) is 0. The Bertz CT molecular complexity index is 433. The van der Waals surface area contributed by atoms with Crippen LogP contribution in [0.25, 0.3) is 0 Å². The Labute approximate surface area is 120 Å². The van der Waals surface area contributed by atoms with Gasteiger partial charge in [-0.3, -0.25) is 9.78 Å². The van der Waals surface area contributed by atoms with Crippen molar-refractivity contribution in [2.75, 3.05) is 31.6 Å². The molecule has 1 heterocycles. The SMILES string of the molecule is CCCNc1ccnc(C(=O)NCCOCC2CC2)c1. The van der Waals surface area contributed by atoms with E-state index < -0.39 is 0 Å². The van der Waals surface area contributed by atoms with Crippen LogP contribution in [0.1, 0.15) is 36.7 Å². The normalized spacial score (nSPS) is 14.1. The fourth-order valence-corrected chi connectivity index (χ4v) is 1.80. The van der Waals surface area contributed by atoms with Crippen LogP contribution in [0.5, 0.6) is 0 Å². The zero-order valence-corrected chi connectivity index (χ0v) is 12.0. The van der Waals surface area contributed by atoms with E-state index in [1.165, 1.54) is 12.8 Å². The molecule has 0 saturated heterocycles. The smallest absolute Gasteiger partial charge is 0.270 e. The first-order valence-electron chi connectivity index (χ1n) is 7.35. The molecule has 0 bridgehead atoms. The lowest BCUT2D eigenvalue weighted by Crippen LogP contribution is -2.28. The summed E-state index contributed by atoms with van der Waals surface area (Å²) in [6.07, 6.45) is 5.26. The monoisotopic (exact) mass is 277 g/mol. The van der Waals surface area contributed by atoms with E-state index in [4.69, 9.17) is 4.74 Å². The number of amides is 1. The minimum absolute atomic E-state index is 0.153. The van der Waals surface area contributed by atoms with Gasteiger partial charge in [0.15, 0.2) is 0 Å². The highest BCUT2D eigenvalue weighted by atomic mass is 16.5.